The molecular formula is C32H66S. The van der Waals surface area contributed by atoms with Crippen LogP contribution in [0.5, 0.6) is 0 Å². The molecule has 0 N–H and O–H groups in total. The predicted molar refractivity (Wildman–Crippen MR) is 158 cm³/mol. The van der Waals surface area contributed by atoms with Gasteiger partial charge in [-0.25, -0.2) is 0 Å². The molecule has 0 spiro atoms. The maximum atomic E-state index is 5.01. The van der Waals surface area contributed by atoms with Crippen LogP contribution in [0, 0.1) is 0 Å². The third-order valence-corrected chi connectivity index (χ3v) is 8.09. The van der Waals surface area contributed by atoms with Gasteiger partial charge in [0.05, 0.1) is 0 Å². The second kappa shape index (κ2) is 26.9. The topological polar surface area (TPSA) is 0 Å². The largest absolute Gasteiger partial charge is 0.173 e. The molecule has 0 saturated heterocycles. The van der Waals surface area contributed by atoms with Gasteiger partial charge in [0.1, 0.15) is 0 Å². The fourth-order valence-electron chi connectivity index (χ4n) is 5.17. The first-order chi connectivity index (χ1) is 16.1. The third kappa shape index (κ3) is 28.5. The fourth-order valence-corrected chi connectivity index (χ4v) is 5.49. The Kier molecular flexibility index (Phi) is 27.2. The van der Waals surface area contributed by atoms with Gasteiger partial charge in [-0.1, -0.05) is 188 Å². The molecule has 0 bridgehead atoms. The zero-order valence-electron chi connectivity index (χ0n) is 23.7. The molecule has 0 heterocycles. The predicted octanol–water partition coefficient (Wildman–Crippen LogP) is 12.6. The van der Waals surface area contributed by atoms with E-state index in [-0.39, 0.29) is 4.75 Å². The fraction of sp³-hybridized carbons (Fsp3) is 1.00. The van der Waals surface area contributed by atoms with Gasteiger partial charge in [-0.05, 0) is 12.8 Å². The quantitative estimate of drug-likeness (QED) is 0.0831. The van der Waals surface area contributed by atoms with E-state index in [0.717, 1.165) is 0 Å². The van der Waals surface area contributed by atoms with E-state index in [4.69, 9.17) is 12.6 Å². The lowest BCUT2D eigenvalue weighted by Crippen LogP contribution is -2.16. The van der Waals surface area contributed by atoms with Gasteiger partial charge >= 0.3 is 0 Å². The Morgan fingerprint density at radius 2 is 0.515 bits per heavy atom. The lowest BCUT2D eigenvalue weighted by atomic mass is 9.94. The molecule has 0 aliphatic rings. The molecule has 0 aliphatic carbocycles. The van der Waals surface area contributed by atoms with E-state index in [1.54, 1.807) is 0 Å². The van der Waals surface area contributed by atoms with Crippen LogP contribution in [0.25, 0.3) is 0 Å². The summed E-state index contributed by atoms with van der Waals surface area (Å²) >= 11 is 5.01. The summed E-state index contributed by atoms with van der Waals surface area (Å²) in [4.78, 5) is 0. The monoisotopic (exact) mass is 482 g/mol. The molecule has 1 heteroatoms. The highest BCUT2D eigenvalue weighted by molar-refractivity contribution is 7.81. The van der Waals surface area contributed by atoms with Crippen LogP contribution < -0.4 is 0 Å². The highest BCUT2D eigenvalue weighted by Crippen LogP contribution is 2.29. The van der Waals surface area contributed by atoms with Crippen molar-refractivity contribution in [3.63, 3.8) is 0 Å². The maximum Gasteiger partial charge on any atom is 0.0101 e. The summed E-state index contributed by atoms with van der Waals surface area (Å²) in [6, 6.07) is 0. The molecule has 0 amide bonds. The molecule has 0 saturated carbocycles. The average Bonchev–Trinajstić information content (AvgIpc) is 2.80. The molecule has 0 aromatic heterocycles. The van der Waals surface area contributed by atoms with E-state index in [1.165, 1.54) is 180 Å². The number of hydrogen-bond donors (Lipinski definition) is 1. The molecule has 0 radical (unpaired) electrons. The van der Waals surface area contributed by atoms with Crippen LogP contribution in [0.4, 0.5) is 0 Å². The van der Waals surface area contributed by atoms with Crippen LogP contribution in [0.1, 0.15) is 201 Å². The molecule has 0 rings (SSSR count). The molecule has 33 heavy (non-hydrogen) atoms. The number of unbranched alkanes of at least 4 members (excludes halogenated alkanes) is 24. The Bertz CT molecular complexity index is 348. The lowest BCUT2D eigenvalue weighted by Gasteiger charge is -2.23. The van der Waals surface area contributed by atoms with E-state index < -0.39 is 0 Å². The smallest absolute Gasteiger partial charge is 0.0101 e. The van der Waals surface area contributed by atoms with Crippen LogP contribution in [-0.2, 0) is 0 Å². The molecule has 0 nitrogen and oxygen atoms in total. The number of hydrogen-bond acceptors (Lipinski definition) is 1. The molecule has 1 unspecified atom stereocenters. The van der Waals surface area contributed by atoms with Crippen molar-refractivity contribution < 1.29 is 0 Å². The van der Waals surface area contributed by atoms with Crippen molar-refractivity contribution in [1.29, 1.82) is 0 Å². The molecule has 1 atom stereocenters. The highest BCUT2D eigenvalue weighted by atomic mass is 32.1. The summed E-state index contributed by atoms with van der Waals surface area (Å²) in [6.45, 7) is 6.99. The van der Waals surface area contributed by atoms with Crippen molar-refractivity contribution in [3.8, 4) is 0 Å². The Morgan fingerprint density at radius 1 is 0.333 bits per heavy atom. The van der Waals surface area contributed by atoms with Crippen LogP contribution in [-0.4, -0.2) is 4.75 Å². The van der Waals surface area contributed by atoms with Crippen LogP contribution >= 0.6 is 12.6 Å². The zero-order chi connectivity index (χ0) is 24.3. The van der Waals surface area contributed by atoms with E-state index >= 15 is 0 Å². The standard InChI is InChI=1S/C32H66S/c1-4-6-8-10-12-14-16-18-19-21-23-25-27-29-31-32(3,33)30-28-26-24-22-20-17-15-13-11-9-7-5-2/h33H,4-31H2,1-3H3. The molecule has 0 aromatic rings. The summed E-state index contributed by atoms with van der Waals surface area (Å²) in [5.41, 5.74) is 0. The minimum Gasteiger partial charge on any atom is -0.173 e. The lowest BCUT2D eigenvalue weighted by molar-refractivity contribution is 0.464. The van der Waals surface area contributed by atoms with Gasteiger partial charge in [0.2, 0.25) is 0 Å². The van der Waals surface area contributed by atoms with Crippen molar-refractivity contribution in [2.75, 3.05) is 0 Å². The van der Waals surface area contributed by atoms with E-state index in [9.17, 15) is 0 Å². The van der Waals surface area contributed by atoms with Gasteiger partial charge in [-0.2, -0.15) is 12.6 Å². The molecule has 0 fully saturated rings. The van der Waals surface area contributed by atoms with Gasteiger partial charge < -0.3 is 0 Å². The minimum absolute atomic E-state index is 0.273. The first kappa shape index (κ1) is 33.4. The van der Waals surface area contributed by atoms with E-state index in [0.29, 0.717) is 0 Å². The zero-order valence-corrected chi connectivity index (χ0v) is 24.6. The average molecular weight is 483 g/mol. The van der Waals surface area contributed by atoms with E-state index in [1.807, 2.05) is 0 Å². The van der Waals surface area contributed by atoms with Gasteiger partial charge in [-0.15, -0.1) is 0 Å². The summed E-state index contributed by atoms with van der Waals surface area (Å²) < 4.78 is 0.273. The van der Waals surface area contributed by atoms with Crippen LogP contribution in [0.3, 0.4) is 0 Å². The Labute approximate surface area is 217 Å². The Balaban J connectivity index is 3.28. The van der Waals surface area contributed by atoms with Crippen molar-refractivity contribution in [2.24, 2.45) is 0 Å². The summed E-state index contributed by atoms with van der Waals surface area (Å²) in [6.07, 6.45) is 40.2. The maximum absolute atomic E-state index is 5.01. The van der Waals surface area contributed by atoms with Crippen molar-refractivity contribution in [3.05, 3.63) is 0 Å². The second-order valence-corrected chi connectivity index (χ2v) is 12.6. The third-order valence-electron chi connectivity index (χ3n) is 7.64. The van der Waals surface area contributed by atoms with E-state index in [2.05, 4.69) is 20.8 Å². The van der Waals surface area contributed by atoms with Gasteiger partial charge in [0, 0.05) is 4.75 Å². The highest BCUT2D eigenvalue weighted by Gasteiger charge is 2.17. The molecule has 200 valence electrons. The van der Waals surface area contributed by atoms with Crippen molar-refractivity contribution in [1.82, 2.24) is 0 Å². The van der Waals surface area contributed by atoms with Gasteiger partial charge in [0.25, 0.3) is 0 Å². The van der Waals surface area contributed by atoms with Crippen LogP contribution in [0.2, 0.25) is 0 Å². The Morgan fingerprint density at radius 3 is 0.727 bits per heavy atom. The first-order valence-electron chi connectivity index (χ1n) is 15.8. The summed E-state index contributed by atoms with van der Waals surface area (Å²) in [5, 5.41) is 0. The number of thiol groups is 1. The SMILES string of the molecule is CCCCCCCCCCCCCCCCC(C)(S)CCCCCCCCCCCCCC. The number of rotatable bonds is 28. The first-order valence-corrected chi connectivity index (χ1v) is 16.3. The molecule has 0 aromatic carbocycles. The van der Waals surface area contributed by atoms with Crippen molar-refractivity contribution >= 4 is 12.6 Å². The summed E-state index contributed by atoms with van der Waals surface area (Å²) in [7, 11) is 0. The second-order valence-electron chi connectivity index (χ2n) is 11.5. The molecular weight excluding hydrogens is 416 g/mol. The Hall–Kier alpha value is 0.350. The minimum atomic E-state index is 0.273. The van der Waals surface area contributed by atoms with Gasteiger partial charge in [0.15, 0.2) is 0 Å². The van der Waals surface area contributed by atoms with Gasteiger partial charge in [-0.3, -0.25) is 0 Å². The van der Waals surface area contributed by atoms with Crippen molar-refractivity contribution in [2.45, 2.75) is 205 Å². The van der Waals surface area contributed by atoms with Crippen LogP contribution in [0.15, 0.2) is 0 Å². The molecule has 0 aliphatic heterocycles. The summed E-state index contributed by atoms with van der Waals surface area (Å²) in [5.74, 6) is 0. The normalized spacial score (nSPS) is 13.5.